The maximum absolute atomic E-state index is 12.2. The van der Waals surface area contributed by atoms with Crippen molar-refractivity contribution in [1.82, 2.24) is 0 Å². The van der Waals surface area contributed by atoms with Crippen LogP contribution in [0.4, 0.5) is 0 Å². The minimum atomic E-state index is -0.0732. The van der Waals surface area contributed by atoms with Crippen LogP contribution in [0.25, 0.3) is 0 Å². The lowest BCUT2D eigenvalue weighted by molar-refractivity contribution is -0.128. The highest BCUT2D eigenvalue weighted by molar-refractivity contribution is 5.98. The summed E-state index contributed by atoms with van der Waals surface area (Å²) in [5.74, 6) is 0.920. The molecule has 2 aliphatic rings. The Morgan fingerprint density at radius 2 is 2.21 bits per heavy atom. The van der Waals surface area contributed by atoms with E-state index in [1.54, 1.807) is 0 Å². The molecule has 14 heavy (non-hydrogen) atoms. The van der Waals surface area contributed by atoms with Crippen LogP contribution >= 0.6 is 0 Å². The van der Waals surface area contributed by atoms with Crippen molar-refractivity contribution in [3.8, 4) is 0 Å². The van der Waals surface area contributed by atoms with Crippen LogP contribution in [-0.4, -0.2) is 12.4 Å². The van der Waals surface area contributed by atoms with E-state index in [4.69, 9.17) is 4.74 Å². The van der Waals surface area contributed by atoms with Crippen molar-refractivity contribution in [2.45, 2.75) is 45.4 Å². The van der Waals surface area contributed by atoms with Gasteiger partial charge in [0.2, 0.25) is 5.78 Å². The second kappa shape index (κ2) is 3.76. The molecule has 2 nitrogen and oxygen atoms in total. The van der Waals surface area contributed by atoms with Crippen LogP contribution in [0.1, 0.15) is 45.4 Å². The molecular formula is C12H18O2. The summed E-state index contributed by atoms with van der Waals surface area (Å²) in [6, 6.07) is 0. The zero-order valence-electron chi connectivity index (χ0n) is 8.84. The predicted octanol–water partition coefficient (Wildman–Crippen LogP) is 2.83. The van der Waals surface area contributed by atoms with E-state index in [1.807, 2.05) is 6.08 Å². The fraction of sp³-hybridized carbons (Fsp3) is 0.750. The molecule has 1 aliphatic heterocycles. The van der Waals surface area contributed by atoms with Gasteiger partial charge in [-0.15, -0.1) is 0 Å². The quantitative estimate of drug-likeness (QED) is 0.690. The van der Waals surface area contributed by atoms with Crippen molar-refractivity contribution in [2.75, 3.05) is 6.61 Å². The molecule has 0 unspecified atom stereocenters. The topological polar surface area (TPSA) is 26.3 Å². The van der Waals surface area contributed by atoms with E-state index in [0.29, 0.717) is 12.4 Å². The number of rotatable bonds is 3. The first kappa shape index (κ1) is 9.75. The second-order valence-electron chi connectivity index (χ2n) is 4.38. The fourth-order valence-corrected chi connectivity index (χ4v) is 2.63. The SMILES string of the molecule is CCC1(C(=O)C2=CCCO2)CCCC1. The summed E-state index contributed by atoms with van der Waals surface area (Å²) in [4.78, 5) is 12.2. The minimum Gasteiger partial charge on any atom is -0.490 e. The third kappa shape index (κ3) is 1.47. The summed E-state index contributed by atoms with van der Waals surface area (Å²) >= 11 is 0. The lowest BCUT2D eigenvalue weighted by Gasteiger charge is -2.25. The van der Waals surface area contributed by atoms with Crippen molar-refractivity contribution < 1.29 is 9.53 Å². The van der Waals surface area contributed by atoms with Crippen molar-refractivity contribution in [2.24, 2.45) is 5.41 Å². The molecule has 2 rings (SSSR count). The van der Waals surface area contributed by atoms with Gasteiger partial charge in [-0.2, -0.15) is 0 Å². The van der Waals surface area contributed by atoms with Crippen LogP contribution in [0.3, 0.4) is 0 Å². The molecule has 0 amide bonds. The largest absolute Gasteiger partial charge is 0.490 e. The number of ketones is 1. The summed E-state index contributed by atoms with van der Waals surface area (Å²) in [5.41, 5.74) is -0.0732. The van der Waals surface area contributed by atoms with Crippen LogP contribution in [0, 0.1) is 5.41 Å². The molecule has 0 aromatic carbocycles. The van der Waals surface area contributed by atoms with E-state index in [2.05, 4.69) is 6.92 Å². The first-order valence-electron chi connectivity index (χ1n) is 5.66. The van der Waals surface area contributed by atoms with Crippen LogP contribution in [0.2, 0.25) is 0 Å². The van der Waals surface area contributed by atoms with E-state index in [1.165, 1.54) is 12.8 Å². The van der Waals surface area contributed by atoms with E-state index < -0.39 is 0 Å². The molecular weight excluding hydrogens is 176 g/mol. The summed E-state index contributed by atoms with van der Waals surface area (Å²) in [5, 5.41) is 0. The van der Waals surface area contributed by atoms with Gasteiger partial charge in [-0.05, 0) is 25.3 Å². The lowest BCUT2D eigenvalue weighted by Crippen LogP contribution is -2.28. The Hall–Kier alpha value is -0.790. The normalized spacial score (nSPS) is 24.5. The smallest absolute Gasteiger partial charge is 0.203 e. The monoisotopic (exact) mass is 194 g/mol. The first-order chi connectivity index (χ1) is 6.78. The standard InChI is InChI=1S/C12H18O2/c1-2-12(7-3-4-8-12)11(13)10-6-5-9-14-10/h6H,2-5,7-9H2,1H3. The zero-order chi connectivity index (χ0) is 10.0. The molecule has 0 aromatic heterocycles. The molecule has 1 heterocycles. The Balaban J connectivity index is 2.15. The molecule has 0 bridgehead atoms. The van der Waals surface area contributed by atoms with Crippen LogP contribution in [0.5, 0.6) is 0 Å². The average Bonchev–Trinajstić information content (AvgIpc) is 2.89. The molecule has 0 radical (unpaired) electrons. The number of hydrogen-bond acceptors (Lipinski definition) is 2. The van der Waals surface area contributed by atoms with E-state index in [0.717, 1.165) is 25.7 Å². The fourth-order valence-electron chi connectivity index (χ4n) is 2.63. The Morgan fingerprint density at radius 3 is 2.71 bits per heavy atom. The van der Waals surface area contributed by atoms with Gasteiger partial charge in [-0.1, -0.05) is 19.8 Å². The van der Waals surface area contributed by atoms with Gasteiger partial charge in [0.05, 0.1) is 6.61 Å². The van der Waals surface area contributed by atoms with Crippen molar-refractivity contribution >= 4 is 5.78 Å². The van der Waals surface area contributed by atoms with E-state index in [-0.39, 0.29) is 11.2 Å². The predicted molar refractivity (Wildman–Crippen MR) is 54.9 cm³/mol. The number of carbonyl (C=O) groups is 1. The van der Waals surface area contributed by atoms with E-state index >= 15 is 0 Å². The van der Waals surface area contributed by atoms with Crippen molar-refractivity contribution in [3.05, 3.63) is 11.8 Å². The molecule has 1 fully saturated rings. The molecule has 1 saturated carbocycles. The van der Waals surface area contributed by atoms with Crippen LogP contribution in [-0.2, 0) is 9.53 Å². The van der Waals surface area contributed by atoms with Gasteiger partial charge in [0, 0.05) is 11.8 Å². The molecule has 0 aromatic rings. The molecule has 0 atom stereocenters. The molecule has 0 spiro atoms. The third-order valence-corrected chi connectivity index (χ3v) is 3.65. The highest BCUT2D eigenvalue weighted by atomic mass is 16.5. The number of carbonyl (C=O) groups excluding carboxylic acids is 1. The summed E-state index contributed by atoms with van der Waals surface area (Å²) in [7, 11) is 0. The Kier molecular flexibility index (Phi) is 2.62. The summed E-state index contributed by atoms with van der Waals surface area (Å²) in [6.45, 7) is 2.82. The van der Waals surface area contributed by atoms with Gasteiger partial charge < -0.3 is 4.74 Å². The zero-order valence-corrected chi connectivity index (χ0v) is 8.84. The molecule has 1 aliphatic carbocycles. The van der Waals surface area contributed by atoms with Crippen LogP contribution < -0.4 is 0 Å². The molecule has 78 valence electrons. The Morgan fingerprint density at radius 1 is 1.50 bits per heavy atom. The molecule has 0 N–H and O–H groups in total. The molecule has 2 heteroatoms. The minimum absolute atomic E-state index is 0.0732. The lowest BCUT2D eigenvalue weighted by atomic mass is 9.78. The number of ether oxygens (including phenoxy) is 1. The first-order valence-corrected chi connectivity index (χ1v) is 5.66. The average molecular weight is 194 g/mol. The highest BCUT2D eigenvalue weighted by Crippen LogP contribution is 2.43. The van der Waals surface area contributed by atoms with Gasteiger partial charge in [0.1, 0.15) is 0 Å². The highest BCUT2D eigenvalue weighted by Gasteiger charge is 2.41. The van der Waals surface area contributed by atoms with Gasteiger partial charge in [-0.25, -0.2) is 0 Å². The van der Waals surface area contributed by atoms with Crippen molar-refractivity contribution in [1.29, 1.82) is 0 Å². The summed E-state index contributed by atoms with van der Waals surface area (Å²) in [6.07, 6.45) is 8.34. The van der Waals surface area contributed by atoms with E-state index in [9.17, 15) is 4.79 Å². The van der Waals surface area contributed by atoms with Gasteiger partial charge in [0.25, 0.3) is 0 Å². The second-order valence-corrected chi connectivity index (χ2v) is 4.38. The van der Waals surface area contributed by atoms with Gasteiger partial charge >= 0.3 is 0 Å². The third-order valence-electron chi connectivity index (χ3n) is 3.65. The maximum atomic E-state index is 12.2. The van der Waals surface area contributed by atoms with Gasteiger partial charge in [-0.3, -0.25) is 4.79 Å². The van der Waals surface area contributed by atoms with Gasteiger partial charge in [0.15, 0.2) is 5.76 Å². The van der Waals surface area contributed by atoms with Crippen molar-refractivity contribution in [3.63, 3.8) is 0 Å². The summed E-state index contributed by atoms with van der Waals surface area (Å²) < 4.78 is 5.37. The number of allylic oxidation sites excluding steroid dienone is 1. The molecule has 0 saturated heterocycles. The maximum Gasteiger partial charge on any atom is 0.203 e. The van der Waals surface area contributed by atoms with Crippen LogP contribution in [0.15, 0.2) is 11.8 Å². The number of Topliss-reactive ketones (excluding diaryl/α,β-unsaturated/α-hetero) is 1. The Labute approximate surface area is 85.3 Å². The Bertz CT molecular complexity index is 259. The number of hydrogen-bond donors (Lipinski definition) is 0.